The van der Waals surface area contributed by atoms with Crippen LogP contribution in [0.25, 0.3) is 0 Å². The normalized spacial score (nSPS) is 22.4. The van der Waals surface area contributed by atoms with Crippen molar-refractivity contribution in [3.05, 3.63) is 69.1 Å². The van der Waals surface area contributed by atoms with Crippen molar-refractivity contribution in [2.24, 2.45) is 5.41 Å². The molecule has 1 aliphatic rings. The number of β-amino-alcohol motifs (C(OH)–C–C–N with tert-alkyl or cyclic N) is 1. The molecular formula is C19H19ClN2O5. The van der Waals surface area contributed by atoms with E-state index in [4.69, 9.17) is 11.6 Å². The number of aliphatic hydroxyl groups is 1. The molecule has 0 aliphatic carbocycles. The maximum absolute atomic E-state index is 12.6. The third-order valence-corrected chi connectivity index (χ3v) is 5.32. The molecule has 0 radical (unpaired) electrons. The van der Waals surface area contributed by atoms with Crippen LogP contribution < -0.4 is 5.56 Å². The van der Waals surface area contributed by atoms with E-state index in [1.807, 2.05) is 30.3 Å². The molecule has 27 heavy (non-hydrogen) atoms. The minimum atomic E-state index is -1.36. The zero-order chi connectivity index (χ0) is 19.6. The first-order valence-corrected chi connectivity index (χ1v) is 8.84. The number of nitrogens with one attached hydrogen (secondary N) is 1. The lowest BCUT2D eigenvalue weighted by atomic mass is 9.71. The molecule has 1 amide bonds. The van der Waals surface area contributed by atoms with Gasteiger partial charge in [-0.1, -0.05) is 41.9 Å². The predicted molar refractivity (Wildman–Crippen MR) is 98.8 cm³/mol. The summed E-state index contributed by atoms with van der Waals surface area (Å²) in [6.45, 7) is 0.0560. The lowest BCUT2D eigenvalue weighted by Crippen LogP contribution is -2.57. The van der Waals surface area contributed by atoms with Gasteiger partial charge in [0.25, 0.3) is 11.5 Å². The molecule has 0 bridgehead atoms. The second-order valence-corrected chi connectivity index (χ2v) is 7.11. The highest BCUT2D eigenvalue weighted by molar-refractivity contribution is 6.30. The first-order chi connectivity index (χ1) is 12.8. The maximum Gasteiger partial charge on any atom is 0.312 e. The summed E-state index contributed by atoms with van der Waals surface area (Å²) in [4.78, 5) is 39.7. The van der Waals surface area contributed by atoms with Crippen molar-refractivity contribution in [2.75, 3.05) is 13.1 Å². The maximum atomic E-state index is 12.6. The summed E-state index contributed by atoms with van der Waals surface area (Å²) in [7, 11) is 0. The van der Waals surface area contributed by atoms with E-state index in [2.05, 4.69) is 4.98 Å². The summed E-state index contributed by atoms with van der Waals surface area (Å²) >= 11 is 5.76. The van der Waals surface area contributed by atoms with Crippen molar-refractivity contribution in [2.45, 2.75) is 18.9 Å². The van der Waals surface area contributed by atoms with Gasteiger partial charge in [-0.3, -0.25) is 14.4 Å². The number of pyridine rings is 1. The molecular weight excluding hydrogens is 372 g/mol. The number of rotatable bonds is 4. The molecule has 0 unspecified atom stereocenters. The minimum absolute atomic E-state index is 0.109. The Bertz CT molecular complexity index is 914. The Balaban J connectivity index is 1.80. The number of carboxylic acids is 1. The molecule has 1 aromatic carbocycles. The highest BCUT2D eigenvalue weighted by Crippen LogP contribution is 2.36. The van der Waals surface area contributed by atoms with Crippen molar-refractivity contribution in [3.63, 3.8) is 0 Å². The Kier molecular flexibility index (Phi) is 5.34. The number of aromatic nitrogens is 1. The van der Waals surface area contributed by atoms with E-state index in [1.165, 1.54) is 17.2 Å². The Morgan fingerprint density at radius 3 is 2.59 bits per heavy atom. The van der Waals surface area contributed by atoms with Gasteiger partial charge in [-0.15, -0.1) is 0 Å². The van der Waals surface area contributed by atoms with Crippen LogP contribution in [0.15, 0.2) is 47.4 Å². The van der Waals surface area contributed by atoms with E-state index in [1.54, 1.807) is 0 Å². The monoisotopic (exact) mass is 390 g/mol. The topological polar surface area (TPSA) is 111 Å². The number of aliphatic hydroxyl groups excluding tert-OH is 1. The number of nitrogens with zero attached hydrogens (tertiary/aromatic N) is 1. The Morgan fingerprint density at radius 1 is 1.30 bits per heavy atom. The number of carbonyl (C=O) groups excluding carboxylic acids is 1. The van der Waals surface area contributed by atoms with E-state index in [0.29, 0.717) is 0 Å². The van der Waals surface area contributed by atoms with Crippen LogP contribution in [0.4, 0.5) is 0 Å². The molecule has 1 saturated heterocycles. The molecule has 3 rings (SSSR count). The van der Waals surface area contributed by atoms with Crippen LogP contribution in [0.2, 0.25) is 5.02 Å². The summed E-state index contributed by atoms with van der Waals surface area (Å²) < 4.78 is 0. The molecule has 0 saturated carbocycles. The molecule has 2 heterocycles. The number of benzene rings is 1. The second-order valence-electron chi connectivity index (χ2n) is 6.71. The minimum Gasteiger partial charge on any atom is -0.481 e. The van der Waals surface area contributed by atoms with Gasteiger partial charge in [-0.2, -0.15) is 0 Å². The second kappa shape index (κ2) is 7.54. The number of likely N-dealkylation sites (tertiary alicyclic amines) is 1. The molecule has 1 aliphatic heterocycles. The lowest BCUT2D eigenvalue weighted by Gasteiger charge is -2.42. The summed E-state index contributed by atoms with van der Waals surface area (Å²) in [6, 6.07) is 10.4. The summed E-state index contributed by atoms with van der Waals surface area (Å²) in [6.07, 6.45) is 0.315. The number of hydrogen-bond acceptors (Lipinski definition) is 4. The zero-order valence-electron chi connectivity index (χ0n) is 14.4. The van der Waals surface area contributed by atoms with E-state index < -0.39 is 29.0 Å². The number of amides is 1. The largest absolute Gasteiger partial charge is 0.481 e. The number of carboxylic acid groups (broad SMARTS) is 1. The van der Waals surface area contributed by atoms with E-state index >= 15 is 0 Å². The van der Waals surface area contributed by atoms with Crippen LogP contribution in [-0.4, -0.2) is 51.2 Å². The Morgan fingerprint density at radius 2 is 2.00 bits per heavy atom. The molecule has 1 aromatic heterocycles. The average molecular weight is 391 g/mol. The van der Waals surface area contributed by atoms with Gasteiger partial charge in [0.05, 0.1) is 11.7 Å². The Hall–Kier alpha value is -2.64. The number of hydrogen-bond donors (Lipinski definition) is 3. The standard InChI is InChI=1S/C19H19ClN2O5/c20-14-8-13(10-21-16(14)24)17(25)22-7-6-19(18(26)27,15(23)11-22)9-12-4-2-1-3-5-12/h1-5,8,10,15,23H,6-7,9,11H2,(H,21,24)(H,26,27)/t15-,19-/m1/s1. The molecule has 3 N–H and O–H groups in total. The highest BCUT2D eigenvalue weighted by atomic mass is 35.5. The number of halogens is 1. The quantitative estimate of drug-likeness (QED) is 0.733. The predicted octanol–water partition coefficient (Wildman–Crippen LogP) is 1.55. The molecule has 2 aromatic rings. The fraction of sp³-hybridized carbons (Fsp3) is 0.316. The number of piperidine rings is 1. The van der Waals surface area contributed by atoms with Crippen LogP contribution in [0, 0.1) is 5.41 Å². The van der Waals surface area contributed by atoms with E-state index in [-0.39, 0.29) is 36.5 Å². The van der Waals surface area contributed by atoms with Gasteiger partial charge in [0.1, 0.15) is 10.4 Å². The summed E-state index contributed by atoms with van der Waals surface area (Å²) in [5.74, 6) is -1.51. The van der Waals surface area contributed by atoms with Gasteiger partial charge in [0.2, 0.25) is 0 Å². The SMILES string of the molecule is O=C(c1c[nH]c(=O)c(Cl)c1)N1CC[C@](Cc2ccccc2)(C(=O)O)[C@H](O)C1. The number of aromatic amines is 1. The van der Waals surface area contributed by atoms with Gasteiger partial charge >= 0.3 is 5.97 Å². The molecule has 8 heteroatoms. The smallest absolute Gasteiger partial charge is 0.312 e. The average Bonchev–Trinajstić information content (AvgIpc) is 2.65. The van der Waals surface area contributed by atoms with E-state index in [9.17, 15) is 24.6 Å². The van der Waals surface area contributed by atoms with Gasteiger partial charge in [-0.25, -0.2) is 0 Å². The molecule has 7 nitrogen and oxygen atoms in total. The van der Waals surface area contributed by atoms with Crippen LogP contribution in [0.3, 0.4) is 0 Å². The van der Waals surface area contributed by atoms with Crippen LogP contribution in [-0.2, 0) is 11.2 Å². The number of aliphatic carboxylic acids is 1. The lowest BCUT2D eigenvalue weighted by molar-refractivity contribution is -0.161. The van der Waals surface area contributed by atoms with Crippen molar-refractivity contribution < 1.29 is 19.8 Å². The summed E-state index contributed by atoms with van der Waals surface area (Å²) in [5, 5.41) is 20.4. The van der Waals surface area contributed by atoms with Crippen LogP contribution in [0.5, 0.6) is 0 Å². The van der Waals surface area contributed by atoms with Gasteiger partial charge in [-0.05, 0) is 24.5 Å². The fourth-order valence-electron chi connectivity index (χ4n) is 3.41. The van der Waals surface area contributed by atoms with Gasteiger partial charge < -0.3 is 20.1 Å². The van der Waals surface area contributed by atoms with Crippen molar-refractivity contribution in [1.29, 1.82) is 0 Å². The van der Waals surface area contributed by atoms with Crippen molar-refractivity contribution >= 4 is 23.5 Å². The first-order valence-electron chi connectivity index (χ1n) is 8.46. The molecule has 2 atom stereocenters. The molecule has 1 fully saturated rings. The number of H-pyrrole nitrogens is 1. The third-order valence-electron chi connectivity index (χ3n) is 5.04. The van der Waals surface area contributed by atoms with Crippen molar-refractivity contribution in [1.82, 2.24) is 9.88 Å². The molecule has 142 valence electrons. The van der Waals surface area contributed by atoms with Crippen LogP contribution in [0.1, 0.15) is 22.3 Å². The first kappa shape index (κ1) is 19.1. The fourth-order valence-corrected chi connectivity index (χ4v) is 3.59. The Labute approximate surface area is 160 Å². The van der Waals surface area contributed by atoms with Gasteiger partial charge in [0.15, 0.2) is 0 Å². The zero-order valence-corrected chi connectivity index (χ0v) is 15.1. The number of carbonyl (C=O) groups is 2. The van der Waals surface area contributed by atoms with Gasteiger partial charge in [0, 0.05) is 19.3 Å². The van der Waals surface area contributed by atoms with Crippen molar-refractivity contribution in [3.8, 4) is 0 Å². The highest BCUT2D eigenvalue weighted by Gasteiger charge is 2.49. The van der Waals surface area contributed by atoms with E-state index in [0.717, 1.165) is 5.56 Å². The summed E-state index contributed by atoms with van der Waals surface area (Å²) in [5.41, 5.74) is -0.871. The molecule has 0 spiro atoms. The third kappa shape index (κ3) is 3.74. The van der Waals surface area contributed by atoms with Crippen LogP contribution >= 0.6 is 11.6 Å².